The van der Waals surface area contributed by atoms with Crippen molar-refractivity contribution in [2.45, 2.75) is 39.5 Å². The van der Waals surface area contributed by atoms with Crippen molar-refractivity contribution >= 4 is 5.91 Å². The fourth-order valence-corrected chi connectivity index (χ4v) is 2.99. The Balaban J connectivity index is 1.78. The van der Waals surface area contributed by atoms with Gasteiger partial charge in [0.25, 0.3) is 5.91 Å². The first kappa shape index (κ1) is 14.7. The highest BCUT2D eigenvalue weighted by Gasteiger charge is 2.28. The lowest BCUT2D eigenvalue weighted by molar-refractivity contribution is 0.0703. The molecular formula is C16H21N5O. The number of likely N-dealkylation sites (tertiary alicyclic amines) is 1. The van der Waals surface area contributed by atoms with Gasteiger partial charge in [-0.05, 0) is 33.6 Å². The number of amides is 1. The Morgan fingerprint density at radius 1 is 1.27 bits per heavy atom. The molecule has 0 bridgehead atoms. The van der Waals surface area contributed by atoms with Crippen LogP contribution < -0.4 is 0 Å². The van der Waals surface area contributed by atoms with E-state index in [1.165, 1.54) is 0 Å². The molecule has 1 N–H and O–H groups in total. The van der Waals surface area contributed by atoms with E-state index in [1.807, 2.05) is 31.9 Å². The van der Waals surface area contributed by atoms with Crippen molar-refractivity contribution in [2.24, 2.45) is 0 Å². The minimum absolute atomic E-state index is 0.0190. The fourth-order valence-electron chi connectivity index (χ4n) is 2.99. The molecule has 116 valence electrons. The van der Waals surface area contributed by atoms with Gasteiger partial charge in [0, 0.05) is 37.1 Å². The summed E-state index contributed by atoms with van der Waals surface area (Å²) in [6.45, 7) is 7.16. The molecule has 1 saturated heterocycles. The van der Waals surface area contributed by atoms with E-state index in [-0.39, 0.29) is 11.8 Å². The third-order valence-corrected chi connectivity index (χ3v) is 4.15. The molecule has 1 aliphatic rings. The molecular weight excluding hydrogens is 278 g/mol. The van der Waals surface area contributed by atoms with Gasteiger partial charge in [-0.25, -0.2) is 15.0 Å². The van der Waals surface area contributed by atoms with Crippen LogP contribution in [-0.4, -0.2) is 43.8 Å². The number of aromatic nitrogens is 4. The smallest absolute Gasteiger partial charge is 0.257 e. The van der Waals surface area contributed by atoms with Crippen molar-refractivity contribution in [1.82, 2.24) is 24.8 Å². The Morgan fingerprint density at radius 2 is 2.09 bits per heavy atom. The number of aryl methyl sites for hydroxylation is 3. The zero-order valence-corrected chi connectivity index (χ0v) is 13.3. The highest BCUT2D eigenvalue weighted by molar-refractivity contribution is 5.95. The van der Waals surface area contributed by atoms with Crippen LogP contribution >= 0.6 is 0 Å². The number of rotatable bonds is 2. The molecule has 3 heterocycles. The molecule has 1 aliphatic heterocycles. The van der Waals surface area contributed by atoms with Gasteiger partial charge in [0.2, 0.25) is 0 Å². The standard InChI is InChI=1S/C16H21N5O/c1-10-7-18-15(19-10)13-5-4-6-21(9-13)16(22)14-8-17-12(3)20-11(14)2/h7-8,13H,4-6,9H2,1-3H3,(H,18,19)/t13-/m1/s1. The van der Waals surface area contributed by atoms with Crippen molar-refractivity contribution in [3.8, 4) is 0 Å². The average molecular weight is 299 g/mol. The van der Waals surface area contributed by atoms with Gasteiger partial charge in [0.15, 0.2) is 0 Å². The molecule has 22 heavy (non-hydrogen) atoms. The summed E-state index contributed by atoms with van der Waals surface area (Å²) in [4.78, 5) is 30.8. The van der Waals surface area contributed by atoms with E-state index >= 15 is 0 Å². The lowest BCUT2D eigenvalue weighted by atomic mass is 9.96. The number of carbonyl (C=O) groups excluding carboxylic acids is 1. The molecule has 6 nitrogen and oxygen atoms in total. The Kier molecular flexibility index (Phi) is 3.92. The van der Waals surface area contributed by atoms with E-state index in [4.69, 9.17) is 0 Å². The summed E-state index contributed by atoms with van der Waals surface area (Å²) < 4.78 is 0. The molecule has 0 spiro atoms. The van der Waals surface area contributed by atoms with E-state index in [9.17, 15) is 4.79 Å². The van der Waals surface area contributed by atoms with Gasteiger partial charge in [0.05, 0.1) is 11.3 Å². The van der Waals surface area contributed by atoms with Crippen LogP contribution in [0.1, 0.15) is 52.2 Å². The topological polar surface area (TPSA) is 74.8 Å². The molecule has 1 fully saturated rings. The van der Waals surface area contributed by atoms with E-state index < -0.39 is 0 Å². The Bertz CT molecular complexity index is 694. The van der Waals surface area contributed by atoms with E-state index in [0.29, 0.717) is 17.9 Å². The van der Waals surface area contributed by atoms with Gasteiger partial charge in [-0.1, -0.05) is 0 Å². The number of carbonyl (C=O) groups is 1. The van der Waals surface area contributed by atoms with Crippen molar-refractivity contribution < 1.29 is 4.79 Å². The quantitative estimate of drug-likeness (QED) is 0.922. The summed E-state index contributed by atoms with van der Waals surface area (Å²) >= 11 is 0. The zero-order chi connectivity index (χ0) is 15.7. The van der Waals surface area contributed by atoms with E-state index in [2.05, 4.69) is 19.9 Å². The summed E-state index contributed by atoms with van der Waals surface area (Å²) in [5.41, 5.74) is 2.40. The summed E-state index contributed by atoms with van der Waals surface area (Å²) in [6.07, 6.45) is 5.52. The maximum absolute atomic E-state index is 12.7. The number of aromatic amines is 1. The first-order valence-electron chi connectivity index (χ1n) is 7.65. The molecule has 2 aromatic rings. The second kappa shape index (κ2) is 5.87. The maximum atomic E-state index is 12.7. The second-order valence-electron chi connectivity index (χ2n) is 5.96. The second-order valence-corrected chi connectivity index (χ2v) is 5.96. The molecule has 6 heteroatoms. The lowest BCUT2D eigenvalue weighted by Crippen LogP contribution is -2.39. The predicted octanol–water partition coefficient (Wildman–Crippen LogP) is 2.14. The third kappa shape index (κ3) is 2.86. The van der Waals surface area contributed by atoms with Gasteiger partial charge in [-0.3, -0.25) is 4.79 Å². The molecule has 0 aliphatic carbocycles. The minimum Gasteiger partial charge on any atom is -0.346 e. The molecule has 1 atom stereocenters. The molecule has 1 amide bonds. The molecule has 0 saturated carbocycles. The van der Waals surface area contributed by atoms with Crippen molar-refractivity contribution in [2.75, 3.05) is 13.1 Å². The normalized spacial score (nSPS) is 18.5. The number of hydrogen-bond acceptors (Lipinski definition) is 4. The van der Waals surface area contributed by atoms with Crippen LogP contribution in [0.5, 0.6) is 0 Å². The Hall–Kier alpha value is -2.24. The number of imidazole rings is 1. The van der Waals surface area contributed by atoms with Crippen molar-refractivity contribution in [1.29, 1.82) is 0 Å². The van der Waals surface area contributed by atoms with Crippen LogP contribution in [0.15, 0.2) is 12.4 Å². The maximum Gasteiger partial charge on any atom is 0.257 e. The third-order valence-electron chi connectivity index (χ3n) is 4.15. The van der Waals surface area contributed by atoms with Crippen LogP contribution in [0.25, 0.3) is 0 Å². The Labute approximate surface area is 130 Å². The number of piperidine rings is 1. The SMILES string of the molecule is Cc1ncc(C(=O)N2CCC[C@@H](c3ncc(C)[nH]3)C2)c(C)n1. The molecule has 0 unspecified atom stereocenters. The van der Waals surface area contributed by atoms with Gasteiger partial charge in [0.1, 0.15) is 11.6 Å². The lowest BCUT2D eigenvalue weighted by Gasteiger charge is -2.32. The van der Waals surface area contributed by atoms with Gasteiger partial charge < -0.3 is 9.88 Å². The van der Waals surface area contributed by atoms with Crippen LogP contribution in [0.4, 0.5) is 0 Å². The van der Waals surface area contributed by atoms with Crippen LogP contribution in [0.2, 0.25) is 0 Å². The highest BCUT2D eigenvalue weighted by atomic mass is 16.2. The number of nitrogens with zero attached hydrogens (tertiary/aromatic N) is 4. The number of nitrogens with one attached hydrogen (secondary N) is 1. The van der Waals surface area contributed by atoms with Gasteiger partial charge in [-0.15, -0.1) is 0 Å². The van der Waals surface area contributed by atoms with Crippen molar-refractivity contribution in [3.05, 3.63) is 41.0 Å². The molecule has 2 aromatic heterocycles. The Morgan fingerprint density at radius 3 is 2.77 bits per heavy atom. The minimum atomic E-state index is 0.0190. The number of H-pyrrole nitrogens is 1. The van der Waals surface area contributed by atoms with Gasteiger partial charge in [-0.2, -0.15) is 0 Å². The van der Waals surface area contributed by atoms with Gasteiger partial charge >= 0.3 is 0 Å². The average Bonchev–Trinajstić information content (AvgIpc) is 2.93. The molecule has 3 rings (SSSR count). The highest BCUT2D eigenvalue weighted by Crippen LogP contribution is 2.26. The largest absolute Gasteiger partial charge is 0.346 e. The van der Waals surface area contributed by atoms with E-state index in [1.54, 1.807) is 6.20 Å². The summed E-state index contributed by atoms with van der Waals surface area (Å²) in [7, 11) is 0. The first-order valence-corrected chi connectivity index (χ1v) is 7.65. The van der Waals surface area contributed by atoms with Crippen LogP contribution in [0, 0.1) is 20.8 Å². The number of hydrogen-bond donors (Lipinski definition) is 1. The van der Waals surface area contributed by atoms with Crippen LogP contribution in [-0.2, 0) is 0 Å². The monoisotopic (exact) mass is 299 g/mol. The fraction of sp³-hybridized carbons (Fsp3) is 0.500. The zero-order valence-electron chi connectivity index (χ0n) is 13.3. The molecule has 0 radical (unpaired) electrons. The van der Waals surface area contributed by atoms with Crippen molar-refractivity contribution in [3.63, 3.8) is 0 Å². The predicted molar refractivity (Wildman–Crippen MR) is 82.7 cm³/mol. The van der Waals surface area contributed by atoms with E-state index in [0.717, 1.165) is 36.6 Å². The van der Waals surface area contributed by atoms with Crippen LogP contribution in [0.3, 0.4) is 0 Å². The first-order chi connectivity index (χ1) is 10.5. The summed E-state index contributed by atoms with van der Waals surface area (Å²) in [5.74, 6) is 1.96. The summed E-state index contributed by atoms with van der Waals surface area (Å²) in [5, 5.41) is 0. The summed E-state index contributed by atoms with van der Waals surface area (Å²) in [6, 6.07) is 0. The molecule has 0 aromatic carbocycles.